The molecule has 0 aromatic carbocycles. The van der Waals surface area contributed by atoms with E-state index in [1.165, 1.54) is 0 Å². The van der Waals surface area contributed by atoms with E-state index in [0.29, 0.717) is 5.92 Å². The zero-order chi connectivity index (χ0) is 15.0. The van der Waals surface area contributed by atoms with Crippen LogP contribution in [-0.4, -0.2) is 37.8 Å². The van der Waals surface area contributed by atoms with E-state index >= 15 is 0 Å². The van der Waals surface area contributed by atoms with Gasteiger partial charge in [0.25, 0.3) is 0 Å². The molecule has 0 bridgehead atoms. The molecule has 5 atom stereocenters. The van der Waals surface area contributed by atoms with Gasteiger partial charge in [0, 0.05) is 0 Å². The highest BCUT2D eigenvalue weighted by Crippen LogP contribution is 2.31. The Morgan fingerprint density at radius 3 is 1.21 bits per heavy atom. The van der Waals surface area contributed by atoms with Crippen molar-refractivity contribution < 1.29 is 16.8 Å². The summed E-state index contributed by atoms with van der Waals surface area (Å²) in [7, 11) is -5.46. The van der Waals surface area contributed by atoms with E-state index in [1.807, 2.05) is 13.8 Å². The second kappa shape index (κ2) is 5.72. The molecule has 4 nitrogen and oxygen atoms in total. The van der Waals surface area contributed by atoms with Crippen molar-refractivity contribution in [3.8, 4) is 0 Å². The van der Waals surface area contributed by atoms with Crippen LogP contribution in [0.3, 0.4) is 0 Å². The van der Waals surface area contributed by atoms with E-state index in [9.17, 15) is 16.8 Å². The van der Waals surface area contributed by atoms with Gasteiger partial charge in [-0.1, -0.05) is 6.92 Å². The van der Waals surface area contributed by atoms with Crippen LogP contribution in [0.2, 0.25) is 0 Å². The van der Waals surface area contributed by atoms with E-state index in [1.54, 1.807) is 20.8 Å². The molecule has 2 aliphatic heterocycles. The topological polar surface area (TPSA) is 68.3 Å². The number of hydrogen-bond donors (Lipinski definition) is 0. The Labute approximate surface area is 117 Å². The van der Waals surface area contributed by atoms with Crippen molar-refractivity contribution in [1.82, 2.24) is 0 Å². The molecule has 0 N–H and O–H groups in total. The van der Waals surface area contributed by atoms with Crippen LogP contribution < -0.4 is 0 Å². The Morgan fingerprint density at radius 1 is 0.684 bits per heavy atom. The summed E-state index contributed by atoms with van der Waals surface area (Å²) in [6.07, 6.45) is 2.54. The van der Waals surface area contributed by atoms with Crippen molar-refractivity contribution in [1.29, 1.82) is 0 Å². The zero-order valence-electron chi connectivity index (χ0n) is 12.5. The third-order valence-corrected chi connectivity index (χ3v) is 10.2. The summed E-state index contributed by atoms with van der Waals surface area (Å²) in [5, 5.41) is -0.417. The third-order valence-electron chi connectivity index (χ3n) is 4.69. The molecular formula is C13H26O4S2. The lowest BCUT2D eigenvalue weighted by Gasteiger charge is -2.06. The van der Waals surface area contributed by atoms with Gasteiger partial charge in [0.15, 0.2) is 19.7 Å². The summed E-state index contributed by atoms with van der Waals surface area (Å²) >= 11 is 0. The lowest BCUT2D eigenvalue weighted by Crippen LogP contribution is -2.19. The molecule has 0 saturated carbocycles. The minimum atomic E-state index is -2.75. The zero-order valence-corrected chi connectivity index (χ0v) is 14.1. The van der Waals surface area contributed by atoms with Gasteiger partial charge in [-0.05, 0) is 52.9 Å². The molecule has 114 valence electrons. The van der Waals surface area contributed by atoms with E-state index in [4.69, 9.17) is 0 Å². The van der Waals surface area contributed by atoms with E-state index < -0.39 is 19.7 Å². The standard InChI is InChI=1S/C7H14O2S.C6H12O2S/c1-5-4-6(2)10(8,9)7(5)3;1-5-3-4-6(2)9(5,7)8/h5-7H,4H2,1-3H3;5-6H,3-4H2,1-2H3. The lowest BCUT2D eigenvalue weighted by atomic mass is 10.0. The summed E-state index contributed by atoms with van der Waals surface area (Å²) in [6, 6.07) is 0. The van der Waals surface area contributed by atoms with Crippen LogP contribution in [-0.2, 0) is 19.7 Å². The molecular weight excluding hydrogens is 284 g/mol. The molecule has 2 saturated heterocycles. The van der Waals surface area contributed by atoms with Crippen LogP contribution in [0.15, 0.2) is 0 Å². The first-order valence-electron chi connectivity index (χ1n) is 6.96. The third kappa shape index (κ3) is 3.32. The molecule has 5 unspecified atom stereocenters. The van der Waals surface area contributed by atoms with E-state index in [0.717, 1.165) is 19.3 Å². The molecule has 2 rings (SSSR count). The molecule has 2 heterocycles. The summed E-state index contributed by atoms with van der Waals surface area (Å²) in [5.41, 5.74) is 0. The number of sulfone groups is 2. The van der Waals surface area contributed by atoms with Crippen LogP contribution in [0, 0.1) is 5.92 Å². The van der Waals surface area contributed by atoms with E-state index in [-0.39, 0.29) is 21.0 Å². The number of hydrogen-bond acceptors (Lipinski definition) is 4. The molecule has 19 heavy (non-hydrogen) atoms. The van der Waals surface area contributed by atoms with Crippen molar-refractivity contribution >= 4 is 19.7 Å². The van der Waals surface area contributed by atoms with E-state index in [2.05, 4.69) is 0 Å². The first kappa shape index (κ1) is 17.0. The summed E-state index contributed by atoms with van der Waals surface area (Å²) in [6.45, 7) is 9.20. The van der Waals surface area contributed by atoms with Gasteiger partial charge >= 0.3 is 0 Å². The van der Waals surface area contributed by atoms with Crippen molar-refractivity contribution in [2.24, 2.45) is 5.92 Å². The first-order chi connectivity index (χ1) is 8.51. The minimum Gasteiger partial charge on any atom is -0.228 e. The first-order valence-corrected chi connectivity index (χ1v) is 10.2. The molecule has 2 aliphatic rings. The van der Waals surface area contributed by atoms with Gasteiger partial charge in [0.05, 0.1) is 21.0 Å². The van der Waals surface area contributed by atoms with Crippen molar-refractivity contribution in [3.05, 3.63) is 0 Å². The predicted octanol–water partition coefficient (Wildman–Crippen LogP) is 2.19. The highest BCUT2D eigenvalue weighted by atomic mass is 32.2. The highest BCUT2D eigenvalue weighted by molar-refractivity contribution is 7.93. The second-order valence-corrected chi connectivity index (χ2v) is 11.6. The van der Waals surface area contributed by atoms with Crippen molar-refractivity contribution in [2.75, 3.05) is 0 Å². The van der Waals surface area contributed by atoms with Crippen LogP contribution in [0.5, 0.6) is 0 Å². The van der Waals surface area contributed by atoms with Gasteiger partial charge in [-0.2, -0.15) is 0 Å². The normalized spacial score (nSPS) is 43.5. The monoisotopic (exact) mass is 310 g/mol. The van der Waals surface area contributed by atoms with Gasteiger partial charge in [0.1, 0.15) is 0 Å². The smallest absolute Gasteiger partial charge is 0.155 e. The molecule has 0 aromatic heterocycles. The Morgan fingerprint density at radius 2 is 1.11 bits per heavy atom. The van der Waals surface area contributed by atoms with Gasteiger partial charge in [0.2, 0.25) is 0 Å². The summed E-state index contributed by atoms with van der Waals surface area (Å²) < 4.78 is 44.8. The molecule has 0 spiro atoms. The van der Waals surface area contributed by atoms with Crippen LogP contribution in [0.25, 0.3) is 0 Å². The number of rotatable bonds is 0. The average Bonchev–Trinajstić information content (AvgIpc) is 2.63. The average molecular weight is 310 g/mol. The molecule has 0 radical (unpaired) electrons. The highest BCUT2D eigenvalue weighted by Gasteiger charge is 2.39. The fourth-order valence-corrected chi connectivity index (χ4v) is 6.52. The molecule has 6 heteroatoms. The Hall–Kier alpha value is -0.100. The lowest BCUT2D eigenvalue weighted by molar-refractivity contribution is 0.554. The maximum atomic E-state index is 11.3. The molecule has 0 amide bonds. The van der Waals surface area contributed by atoms with Crippen LogP contribution >= 0.6 is 0 Å². The maximum absolute atomic E-state index is 11.3. The second-order valence-electron chi connectivity index (χ2n) is 6.11. The van der Waals surface area contributed by atoms with Crippen LogP contribution in [0.1, 0.15) is 53.9 Å². The van der Waals surface area contributed by atoms with Crippen molar-refractivity contribution in [3.63, 3.8) is 0 Å². The largest absolute Gasteiger partial charge is 0.228 e. The minimum absolute atomic E-state index is 0.0903. The SMILES string of the molecule is CC1CC(C)S(=O)(=O)C1C.CC1CCC(C)S1(=O)=O. The van der Waals surface area contributed by atoms with Gasteiger partial charge in [-0.15, -0.1) is 0 Å². The van der Waals surface area contributed by atoms with Crippen molar-refractivity contribution in [2.45, 2.75) is 74.9 Å². The van der Waals surface area contributed by atoms with Gasteiger partial charge in [-0.25, -0.2) is 16.8 Å². The Kier molecular flexibility index (Phi) is 5.10. The fourth-order valence-electron chi connectivity index (χ4n) is 2.73. The van der Waals surface area contributed by atoms with Crippen LogP contribution in [0.4, 0.5) is 0 Å². The van der Waals surface area contributed by atoms with Gasteiger partial charge in [-0.3, -0.25) is 0 Å². The van der Waals surface area contributed by atoms with Gasteiger partial charge < -0.3 is 0 Å². The Bertz CT molecular complexity index is 491. The molecule has 0 aliphatic carbocycles. The molecule has 0 aromatic rings. The summed E-state index contributed by atoms with van der Waals surface area (Å²) in [4.78, 5) is 0. The fraction of sp³-hybridized carbons (Fsp3) is 1.00. The maximum Gasteiger partial charge on any atom is 0.155 e. The Balaban J connectivity index is 0.000000191. The molecule has 2 fully saturated rings. The predicted molar refractivity (Wildman–Crippen MR) is 78.7 cm³/mol. The quantitative estimate of drug-likeness (QED) is 0.688. The summed E-state index contributed by atoms with van der Waals surface area (Å²) in [5.74, 6) is 0.347.